The lowest BCUT2D eigenvalue weighted by molar-refractivity contribution is -0.118. The van der Waals surface area contributed by atoms with Crippen LogP contribution in [0.4, 0.5) is 11.4 Å². The molecule has 2 aromatic heterocycles. The van der Waals surface area contributed by atoms with Gasteiger partial charge in [-0.05, 0) is 86.2 Å². The van der Waals surface area contributed by atoms with E-state index < -0.39 is 0 Å². The maximum atomic E-state index is 12.3. The molecule has 2 atom stereocenters. The molecule has 9 heteroatoms. The van der Waals surface area contributed by atoms with Crippen LogP contribution >= 0.6 is 35.4 Å². The summed E-state index contributed by atoms with van der Waals surface area (Å²) in [6.07, 6.45) is 1.79. The number of nitrogens with one attached hydrogen (secondary N) is 2. The van der Waals surface area contributed by atoms with Gasteiger partial charge in [-0.3, -0.25) is 9.78 Å². The van der Waals surface area contributed by atoms with Crippen molar-refractivity contribution >= 4 is 57.8 Å². The molecular weight excluding hydrogens is 549 g/mol. The zero-order valence-electron chi connectivity index (χ0n) is 22.1. The van der Waals surface area contributed by atoms with Gasteiger partial charge in [0.05, 0.1) is 28.5 Å². The molecule has 1 fully saturated rings. The summed E-state index contributed by atoms with van der Waals surface area (Å²) in [6.45, 7) is 7.87. The maximum Gasteiger partial charge on any atom is 0.226 e. The Morgan fingerprint density at radius 1 is 1.03 bits per heavy atom. The van der Waals surface area contributed by atoms with E-state index in [1.54, 1.807) is 6.20 Å². The Morgan fingerprint density at radius 2 is 1.82 bits per heavy atom. The number of amides is 1. The van der Waals surface area contributed by atoms with E-state index in [0.29, 0.717) is 20.8 Å². The first kappa shape index (κ1) is 27.2. The molecule has 1 amide bonds. The van der Waals surface area contributed by atoms with E-state index in [0.717, 1.165) is 34.0 Å². The number of hydrogen-bond acceptors (Lipinski definition) is 3. The monoisotopic (exact) mass is 577 g/mol. The van der Waals surface area contributed by atoms with Crippen LogP contribution in [0.25, 0.3) is 5.69 Å². The number of anilines is 2. The van der Waals surface area contributed by atoms with Crippen molar-refractivity contribution in [3.63, 3.8) is 0 Å². The number of benzene rings is 2. The first-order chi connectivity index (χ1) is 18.7. The van der Waals surface area contributed by atoms with E-state index in [2.05, 4.69) is 45.0 Å². The summed E-state index contributed by atoms with van der Waals surface area (Å²) in [5.41, 5.74) is 6.50. The van der Waals surface area contributed by atoms with Crippen molar-refractivity contribution in [2.45, 2.75) is 39.8 Å². The van der Waals surface area contributed by atoms with E-state index >= 15 is 0 Å². The first-order valence-corrected chi connectivity index (χ1v) is 13.9. The van der Waals surface area contributed by atoms with Gasteiger partial charge >= 0.3 is 0 Å². The molecule has 4 aromatic rings. The van der Waals surface area contributed by atoms with Crippen LogP contribution in [0.5, 0.6) is 0 Å². The fourth-order valence-electron chi connectivity index (χ4n) is 5.08. The minimum atomic E-state index is -0.210. The SMILES string of the molecule is Cc1cc([C@@H]2[C@@H](c3ccccn3)NC(=S)N2c2ccc(NC(=O)C(C)C)c(Cl)c2)c(C)n1-c1cccc(Cl)c1. The van der Waals surface area contributed by atoms with Crippen LogP contribution in [0.15, 0.2) is 72.9 Å². The van der Waals surface area contributed by atoms with Crippen molar-refractivity contribution in [1.29, 1.82) is 0 Å². The molecular formula is C30H29Cl2N5OS. The molecule has 200 valence electrons. The second-order valence-corrected chi connectivity index (χ2v) is 11.2. The molecule has 1 saturated heterocycles. The molecule has 0 unspecified atom stereocenters. The van der Waals surface area contributed by atoms with Gasteiger partial charge in [0.2, 0.25) is 5.91 Å². The molecule has 1 aliphatic rings. The molecule has 2 aromatic carbocycles. The van der Waals surface area contributed by atoms with E-state index in [9.17, 15) is 4.79 Å². The van der Waals surface area contributed by atoms with Gasteiger partial charge in [-0.15, -0.1) is 0 Å². The summed E-state index contributed by atoms with van der Waals surface area (Å²) in [6, 6.07) is 21.1. The third-order valence-electron chi connectivity index (χ3n) is 6.97. The second-order valence-electron chi connectivity index (χ2n) is 9.95. The smallest absolute Gasteiger partial charge is 0.226 e. The Hall–Kier alpha value is -3.39. The van der Waals surface area contributed by atoms with Gasteiger partial charge in [0.15, 0.2) is 5.11 Å². The van der Waals surface area contributed by atoms with Crippen molar-refractivity contribution in [2.75, 3.05) is 10.2 Å². The van der Waals surface area contributed by atoms with Crippen molar-refractivity contribution in [2.24, 2.45) is 5.92 Å². The Balaban J connectivity index is 1.62. The number of aromatic nitrogens is 2. The number of carbonyl (C=O) groups excluding carboxylic acids is 1. The molecule has 5 rings (SSSR count). The van der Waals surface area contributed by atoms with Crippen molar-refractivity contribution in [1.82, 2.24) is 14.9 Å². The Kier molecular flexibility index (Phi) is 7.67. The zero-order chi connectivity index (χ0) is 27.8. The van der Waals surface area contributed by atoms with Crippen molar-refractivity contribution in [3.8, 4) is 5.69 Å². The van der Waals surface area contributed by atoms with Gasteiger partial charge in [0, 0.05) is 39.9 Å². The van der Waals surface area contributed by atoms with Crippen LogP contribution in [-0.4, -0.2) is 20.6 Å². The number of hydrogen-bond donors (Lipinski definition) is 2. The lowest BCUT2D eigenvalue weighted by Crippen LogP contribution is -2.29. The summed E-state index contributed by atoms with van der Waals surface area (Å²) in [4.78, 5) is 19.0. The van der Waals surface area contributed by atoms with Gasteiger partial charge in [0.25, 0.3) is 0 Å². The molecule has 0 radical (unpaired) electrons. The quantitative estimate of drug-likeness (QED) is 0.231. The highest BCUT2D eigenvalue weighted by Gasteiger charge is 2.42. The number of aryl methyl sites for hydroxylation is 1. The summed E-state index contributed by atoms with van der Waals surface area (Å²) >= 11 is 18.9. The highest BCUT2D eigenvalue weighted by Crippen LogP contribution is 2.44. The molecule has 1 aliphatic heterocycles. The van der Waals surface area contributed by atoms with E-state index in [1.807, 2.05) is 74.5 Å². The summed E-state index contributed by atoms with van der Waals surface area (Å²) in [5.74, 6) is -0.251. The van der Waals surface area contributed by atoms with Crippen LogP contribution < -0.4 is 15.5 Å². The number of pyridine rings is 1. The van der Waals surface area contributed by atoms with Gasteiger partial charge < -0.3 is 20.1 Å². The Bertz CT molecular complexity index is 1550. The molecule has 0 aliphatic carbocycles. The Morgan fingerprint density at radius 3 is 2.49 bits per heavy atom. The van der Waals surface area contributed by atoms with Gasteiger partial charge in [0.1, 0.15) is 0 Å². The summed E-state index contributed by atoms with van der Waals surface area (Å²) in [5, 5.41) is 8.09. The first-order valence-electron chi connectivity index (χ1n) is 12.7. The number of carbonyl (C=O) groups is 1. The fraction of sp³-hybridized carbons (Fsp3) is 0.233. The van der Waals surface area contributed by atoms with Crippen LogP contribution in [0, 0.1) is 19.8 Å². The average molecular weight is 579 g/mol. The third kappa shape index (κ3) is 5.26. The molecule has 2 N–H and O–H groups in total. The van der Waals surface area contributed by atoms with Crippen LogP contribution in [0.1, 0.15) is 48.6 Å². The predicted molar refractivity (Wildman–Crippen MR) is 163 cm³/mol. The third-order valence-corrected chi connectivity index (χ3v) is 7.83. The minimum Gasteiger partial charge on any atom is -0.351 e. The topological polar surface area (TPSA) is 62.2 Å². The van der Waals surface area contributed by atoms with Crippen LogP contribution in [-0.2, 0) is 4.79 Å². The van der Waals surface area contributed by atoms with Gasteiger partial charge in [-0.1, -0.05) is 49.2 Å². The second kappa shape index (κ2) is 11.0. The van der Waals surface area contributed by atoms with E-state index in [1.165, 1.54) is 0 Å². The summed E-state index contributed by atoms with van der Waals surface area (Å²) in [7, 11) is 0. The molecule has 0 spiro atoms. The Labute approximate surface area is 244 Å². The van der Waals surface area contributed by atoms with Gasteiger partial charge in [-0.25, -0.2) is 0 Å². The van der Waals surface area contributed by atoms with E-state index in [-0.39, 0.29) is 23.9 Å². The molecule has 6 nitrogen and oxygen atoms in total. The summed E-state index contributed by atoms with van der Waals surface area (Å²) < 4.78 is 2.20. The maximum absolute atomic E-state index is 12.3. The molecule has 0 saturated carbocycles. The fourth-order valence-corrected chi connectivity index (χ4v) is 5.83. The van der Waals surface area contributed by atoms with Crippen molar-refractivity contribution in [3.05, 3.63) is 106 Å². The largest absolute Gasteiger partial charge is 0.351 e. The van der Waals surface area contributed by atoms with Crippen LogP contribution in [0.3, 0.4) is 0 Å². The molecule has 0 bridgehead atoms. The standard InChI is InChI=1S/C30H29Cl2N5OS/c1-17(2)29(38)34-25-12-11-22(16-24(25)32)37-28(27(35-30(37)39)26-10-5-6-13-33-26)23-14-18(3)36(19(23)4)21-9-7-8-20(31)15-21/h5-17,27-28H,1-4H3,(H,34,38)(H,35,39)/t27-,28-/m1/s1. The number of halogens is 2. The molecule has 39 heavy (non-hydrogen) atoms. The van der Waals surface area contributed by atoms with Crippen molar-refractivity contribution < 1.29 is 4.79 Å². The minimum absolute atomic E-state index is 0.0930. The average Bonchev–Trinajstić information content (AvgIpc) is 3.40. The predicted octanol–water partition coefficient (Wildman–Crippen LogP) is 7.57. The van der Waals surface area contributed by atoms with Crippen LogP contribution in [0.2, 0.25) is 10.0 Å². The van der Waals surface area contributed by atoms with E-state index in [4.69, 9.17) is 35.4 Å². The zero-order valence-corrected chi connectivity index (χ0v) is 24.4. The number of rotatable bonds is 6. The lowest BCUT2D eigenvalue weighted by Gasteiger charge is -2.28. The normalized spacial score (nSPS) is 17.0. The highest BCUT2D eigenvalue weighted by atomic mass is 35.5. The van der Waals surface area contributed by atoms with Gasteiger partial charge in [-0.2, -0.15) is 0 Å². The highest BCUT2D eigenvalue weighted by molar-refractivity contribution is 7.80. The number of thiocarbonyl (C=S) groups is 1. The molecule has 3 heterocycles. The number of nitrogens with zero attached hydrogens (tertiary/aromatic N) is 3. The lowest BCUT2D eigenvalue weighted by atomic mass is 9.96.